The molecule has 0 spiro atoms. The molecule has 0 amide bonds. The normalized spacial score (nSPS) is 15.5. The molecule has 112 valence electrons. The predicted molar refractivity (Wildman–Crippen MR) is 84.9 cm³/mol. The van der Waals surface area contributed by atoms with Gasteiger partial charge in [0.25, 0.3) is 0 Å². The molecule has 1 aromatic rings. The third kappa shape index (κ3) is 4.63. The minimum absolute atomic E-state index is 0.221. The van der Waals surface area contributed by atoms with E-state index in [-0.39, 0.29) is 4.90 Å². The van der Waals surface area contributed by atoms with Gasteiger partial charge in [0.2, 0.25) is 10.0 Å². The van der Waals surface area contributed by atoms with Crippen LogP contribution in [0, 0.1) is 0 Å². The van der Waals surface area contributed by atoms with Crippen LogP contribution in [0.1, 0.15) is 18.4 Å². The first-order valence-corrected chi connectivity index (χ1v) is 9.79. The number of sulfonamides is 1. The van der Waals surface area contributed by atoms with E-state index in [1.165, 1.54) is 18.9 Å². The molecule has 0 radical (unpaired) electrons. The largest absolute Gasteiger partial charge is 0.310 e. The molecule has 0 atom stereocenters. The summed E-state index contributed by atoms with van der Waals surface area (Å²) in [7, 11) is -3.46. The number of hydrogen-bond donors (Lipinski definition) is 2. The van der Waals surface area contributed by atoms with E-state index in [4.69, 9.17) is 11.6 Å². The molecular formula is C13H19ClN2O2S2. The van der Waals surface area contributed by atoms with E-state index in [2.05, 4.69) is 10.0 Å². The van der Waals surface area contributed by atoms with Crippen molar-refractivity contribution >= 4 is 33.4 Å². The summed E-state index contributed by atoms with van der Waals surface area (Å²) in [4.78, 5) is 0.221. The fraction of sp³-hybridized carbons (Fsp3) is 0.538. The third-order valence-corrected chi connectivity index (χ3v) is 5.51. The van der Waals surface area contributed by atoms with Gasteiger partial charge in [-0.25, -0.2) is 13.1 Å². The molecule has 0 saturated heterocycles. The number of halogens is 1. The molecule has 1 saturated carbocycles. The Labute approximate surface area is 129 Å². The zero-order valence-electron chi connectivity index (χ0n) is 11.4. The van der Waals surface area contributed by atoms with Gasteiger partial charge in [0.15, 0.2) is 0 Å². The summed E-state index contributed by atoms with van der Waals surface area (Å²) in [5, 5.41) is 3.85. The van der Waals surface area contributed by atoms with Crippen LogP contribution in [0.3, 0.4) is 0 Å². The van der Waals surface area contributed by atoms with Crippen molar-refractivity contribution in [3.8, 4) is 0 Å². The summed E-state index contributed by atoms with van der Waals surface area (Å²) >= 11 is 7.76. The Morgan fingerprint density at radius 2 is 2.15 bits per heavy atom. The SMILES string of the molecule is CSCCNS(=O)(=O)c1ccc(CNC2CC2)c(Cl)c1. The Balaban J connectivity index is 2.02. The van der Waals surface area contributed by atoms with E-state index in [1.807, 2.05) is 6.26 Å². The van der Waals surface area contributed by atoms with Crippen LogP contribution >= 0.6 is 23.4 Å². The quantitative estimate of drug-likeness (QED) is 0.716. The second-order valence-corrected chi connectivity index (χ2v) is 7.96. The lowest BCUT2D eigenvalue weighted by Gasteiger charge is -2.09. The van der Waals surface area contributed by atoms with Crippen LogP contribution in [0.2, 0.25) is 5.02 Å². The number of rotatable bonds is 8. The number of thioether (sulfide) groups is 1. The van der Waals surface area contributed by atoms with E-state index < -0.39 is 10.0 Å². The molecule has 2 N–H and O–H groups in total. The van der Waals surface area contributed by atoms with Crippen LogP contribution in [-0.2, 0) is 16.6 Å². The molecule has 0 aliphatic heterocycles. The van der Waals surface area contributed by atoms with Crippen molar-refractivity contribution in [2.45, 2.75) is 30.3 Å². The van der Waals surface area contributed by atoms with Gasteiger partial charge in [-0.3, -0.25) is 0 Å². The van der Waals surface area contributed by atoms with E-state index in [0.29, 0.717) is 24.2 Å². The van der Waals surface area contributed by atoms with Crippen LogP contribution in [-0.4, -0.2) is 33.0 Å². The number of hydrogen-bond acceptors (Lipinski definition) is 4. The Morgan fingerprint density at radius 3 is 2.75 bits per heavy atom. The summed E-state index contributed by atoms with van der Waals surface area (Å²) in [5.74, 6) is 0.746. The van der Waals surface area contributed by atoms with Crippen LogP contribution in [0.5, 0.6) is 0 Å². The van der Waals surface area contributed by atoms with E-state index in [1.54, 1.807) is 23.9 Å². The highest BCUT2D eigenvalue weighted by Gasteiger charge is 2.21. The molecule has 2 rings (SSSR count). The lowest BCUT2D eigenvalue weighted by molar-refractivity contribution is 0.584. The molecule has 0 unspecified atom stereocenters. The van der Waals surface area contributed by atoms with Gasteiger partial charge in [0.1, 0.15) is 0 Å². The third-order valence-electron chi connectivity index (χ3n) is 3.09. The van der Waals surface area contributed by atoms with E-state index >= 15 is 0 Å². The van der Waals surface area contributed by atoms with Gasteiger partial charge in [-0.15, -0.1) is 0 Å². The zero-order chi connectivity index (χ0) is 14.6. The van der Waals surface area contributed by atoms with Crippen LogP contribution in [0.15, 0.2) is 23.1 Å². The first-order valence-electron chi connectivity index (χ1n) is 6.53. The zero-order valence-corrected chi connectivity index (χ0v) is 13.7. The van der Waals surface area contributed by atoms with E-state index in [9.17, 15) is 8.42 Å². The highest BCUT2D eigenvalue weighted by molar-refractivity contribution is 7.98. The van der Waals surface area contributed by atoms with Gasteiger partial charge in [-0.2, -0.15) is 11.8 Å². The molecule has 1 aliphatic carbocycles. The second kappa shape index (κ2) is 7.13. The minimum atomic E-state index is -3.46. The molecule has 7 heteroatoms. The first-order chi connectivity index (χ1) is 9.53. The maximum atomic E-state index is 12.1. The van der Waals surface area contributed by atoms with Crippen LogP contribution in [0.4, 0.5) is 0 Å². The fourth-order valence-corrected chi connectivity index (χ4v) is 3.55. The van der Waals surface area contributed by atoms with Crippen molar-refractivity contribution in [3.05, 3.63) is 28.8 Å². The standard InChI is InChI=1S/C13H19ClN2O2S2/c1-19-7-6-16-20(17,18)12-5-2-10(13(14)8-12)9-15-11-3-4-11/h2,5,8,11,15-16H,3-4,6-7,9H2,1H3. The summed E-state index contributed by atoms with van der Waals surface area (Å²) in [6.07, 6.45) is 4.36. The summed E-state index contributed by atoms with van der Waals surface area (Å²) in [5.41, 5.74) is 0.932. The number of benzene rings is 1. The Kier molecular flexibility index (Phi) is 5.74. The smallest absolute Gasteiger partial charge is 0.240 e. The lowest BCUT2D eigenvalue weighted by Crippen LogP contribution is -2.26. The predicted octanol–water partition coefficient (Wildman–Crippen LogP) is 2.23. The van der Waals surface area contributed by atoms with Crippen molar-refractivity contribution in [3.63, 3.8) is 0 Å². The highest BCUT2D eigenvalue weighted by atomic mass is 35.5. The molecule has 0 aromatic heterocycles. The monoisotopic (exact) mass is 334 g/mol. The van der Waals surface area contributed by atoms with Gasteiger partial charge < -0.3 is 5.32 Å². The molecule has 20 heavy (non-hydrogen) atoms. The van der Waals surface area contributed by atoms with Gasteiger partial charge in [-0.1, -0.05) is 17.7 Å². The summed E-state index contributed by atoms with van der Waals surface area (Å²) in [6.45, 7) is 1.11. The fourth-order valence-electron chi connectivity index (χ4n) is 1.74. The minimum Gasteiger partial charge on any atom is -0.310 e. The van der Waals surface area contributed by atoms with Crippen molar-refractivity contribution in [1.29, 1.82) is 0 Å². The topological polar surface area (TPSA) is 58.2 Å². The molecule has 4 nitrogen and oxygen atoms in total. The average molecular weight is 335 g/mol. The van der Waals surface area contributed by atoms with Crippen molar-refractivity contribution < 1.29 is 8.42 Å². The van der Waals surface area contributed by atoms with Crippen LogP contribution in [0.25, 0.3) is 0 Å². The van der Waals surface area contributed by atoms with Crippen molar-refractivity contribution in [2.75, 3.05) is 18.6 Å². The van der Waals surface area contributed by atoms with E-state index in [0.717, 1.165) is 11.3 Å². The van der Waals surface area contributed by atoms with Gasteiger partial charge >= 0.3 is 0 Å². The molecule has 1 aliphatic rings. The Bertz CT molecular complexity index is 559. The van der Waals surface area contributed by atoms with Gasteiger partial charge in [0, 0.05) is 29.9 Å². The highest BCUT2D eigenvalue weighted by Crippen LogP contribution is 2.23. The molecule has 1 aromatic carbocycles. The van der Waals surface area contributed by atoms with Crippen LogP contribution < -0.4 is 10.0 Å². The molecule has 0 heterocycles. The molecule has 0 bridgehead atoms. The maximum Gasteiger partial charge on any atom is 0.240 e. The molecule has 1 fully saturated rings. The summed E-state index contributed by atoms with van der Waals surface area (Å²) < 4.78 is 26.7. The Morgan fingerprint density at radius 1 is 1.40 bits per heavy atom. The summed E-state index contributed by atoms with van der Waals surface area (Å²) in [6, 6.07) is 5.51. The number of nitrogens with one attached hydrogen (secondary N) is 2. The van der Waals surface area contributed by atoms with Crippen molar-refractivity contribution in [2.24, 2.45) is 0 Å². The van der Waals surface area contributed by atoms with Crippen molar-refractivity contribution in [1.82, 2.24) is 10.0 Å². The second-order valence-electron chi connectivity index (χ2n) is 4.80. The first kappa shape index (κ1) is 16.1. The van der Waals surface area contributed by atoms with Gasteiger partial charge in [-0.05, 0) is 36.8 Å². The van der Waals surface area contributed by atoms with Gasteiger partial charge in [0.05, 0.1) is 4.90 Å². The maximum absolute atomic E-state index is 12.1. The Hall–Kier alpha value is -0.270. The lowest BCUT2D eigenvalue weighted by atomic mass is 10.2. The average Bonchev–Trinajstić information content (AvgIpc) is 3.21. The molecular weight excluding hydrogens is 316 g/mol.